The molecule has 2 N–H and O–H groups in total. The van der Waals surface area contributed by atoms with E-state index < -0.39 is 11.4 Å². The predicted molar refractivity (Wildman–Crippen MR) is 94.2 cm³/mol. The molecule has 2 rings (SSSR count). The molecule has 4 nitrogen and oxygen atoms in total. The van der Waals surface area contributed by atoms with E-state index in [1.165, 1.54) is 0 Å². The molecule has 1 atom stereocenters. The minimum absolute atomic E-state index is 0.0509. The average Bonchev–Trinajstić information content (AvgIpc) is 2.58. The zero-order chi connectivity index (χ0) is 17.6. The van der Waals surface area contributed by atoms with Crippen LogP contribution in [0.1, 0.15) is 24.5 Å². The number of halogens is 1. The summed E-state index contributed by atoms with van der Waals surface area (Å²) in [6.45, 7) is 1.86. The highest BCUT2D eigenvalue weighted by molar-refractivity contribution is 6.30. The minimum atomic E-state index is -1.13. The number of carboxylic acids is 1. The Kier molecular flexibility index (Phi) is 5.99. The van der Waals surface area contributed by atoms with Crippen molar-refractivity contribution in [3.63, 3.8) is 0 Å². The molecule has 0 spiro atoms. The summed E-state index contributed by atoms with van der Waals surface area (Å²) in [5.41, 5.74) is 0.387. The summed E-state index contributed by atoms with van der Waals surface area (Å²) in [6.07, 6.45) is 0.568. The molecule has 0 aliphatic rings. The Morgan fingerprint density at radius 2 is 1.71 bits per heavy atom. The lowest BCUT2D eigenvalue weighted by atomic mass is 9.78. The van der Waals surface area contributed by atoms with Gasteiger partial charge in [0.15, 0.2) is 0 Å². The van der Waals surface area contributed by atoms with Gasteiger partial charge in [-0.15, -0.1) is 0 Å². The van der Waals surface area contributed by atoms with Crippen molar-refractivity contribution in [2.24, 2.45) is 0 Å². The van der Waals surface area contributed by atoms with Crippen molar-refractivity contribution in [1.82, 2.24) is 5.32 Å². The van der Waals surface area contributed by atoms with Gasteiger partial charge in [0.1, 0.15) is 5.41 Å². The lowest BCUT2D eigenvalue weighted by molar-refractivity contribution is -0.144. The third-order valence-corrected chi connectivity index (χ3v) is 4.46. The van der Waals surface area contributed by atoms with Crippen molar-refractivity contribution in [2.75, 3.05) is 6.54 Å². The van der Waals surface area contributed by atoms with Gasteiger partial charge in [-0.25, -0.2) is 0 Å². The molecule has 0 aromatic heterocycles. The molecule has 0 radical (unpaired) electrons. The van der Waals surface area contributed by atoms with E-state index in [1.54, 1.807) is 48.5 Å². The van der Waals surface area contributed by atoms with Crippen LogP contribution >= 0.6 is 11.6 Å². The van der Waals surface area contributed by atoms with Crippen molar-refractivity contribution in [3.8, 4) is 0 Å². The SMILES string of the molecule is CCC(CNC(=O)Cc1ccc(Cl)cc1)(C(=O)O)c1ccccc1. The molecule has 0 aliphatic heterocycles. The van der Waals surface area contributed by atoms with E-state index in [0.29, 0.717) is 17.0 Å². The topological polar surface area (TPSA) is 66.4 Å². The second-order valence-electron chi connectivity index (χ2n) is 5.69. The average molecular weight is 346 g/mol. The fourth-order valence-electron chi connectivity index (χ4n) is 2.64. The molecule has 0 saturated heterocycles. The number of amides is 1. The highest BCUT2D eigenvalue weighted by Gasteiger charge is 2.38. The smallest absolute Gasteiger partial charge is 0.315 e. The lowest BCUT2D eigenvalue weighted by Crippen LogP contribution is -2.46. The maximum absolute atomic E-state index is 12.2. The van der Waals surface area contributed by atoms with Crippen LogP contribution in [0.2, 0.25) is 5.02 Å². The van der Waals surface area contributed by atoms with Gasteiger partial charge in [-0.3, -0.25) is 9.59 Å². The third kappa shape index (κ3) is 4.15. The monoisotopic (exact) mass is 345 g/mol. The summed E-state index contributed by atoms with van der Waals surface area (Å²) in [4.78, 5) is 24.1. The fourth-order valence-corrected chi connectivity index (χ4v) is 2.76. The Balaban J connectivity index is 2.09. The van der Waals surface area contributed by atoms with Gasteiger partial charge in [-0.2, -0.15) is 0 Å². The Morgan fingerprint density at radius 3 is 2.25 bits per heavy atom. The van der Waals surface area contributed by atoms with Gasteiger partial charge in [0, 0.05) is 11.6 Å². The zero-order valence-electron chi connectivity index (χ0n) is 13.5. The minimum Gasteiger partial charge on any atom is -0.481 e. The van der Waals surface area contributed by atoms with Crippen molar-refractivity contribution >= 4 is 23.5 Å². The second kappa shape index (κ2) is 7.97. The van der Waals surface area contributed by atoms with E-state index >= 15 is 0 Å². The molecule has 0 saturated carbocycles. The van der Waals surface area contributed by atoms with Gasteiger partial charge in [-0.05, 0) is 29.7 Å². The van der Waals surface area contributed by atoms with Crippen LogP contribution in [-0.2, 0) is 21.4 Å². The van der Waals surface area contributed by atoms with Crippen LogP contribution in [-0.4, -0.2) is 23.5 Å². The first-order chi connectivity index (χ1) is 11.5. The normalized spacial score (nSPS) is 13.1. The van der Waals surface area contributed by atoms with Gasteiger partial charge in [0.25, 0.3) is 0 Å². The maximum Gasteiger partial charge on any atom is 0.315 e. The quantitative estimate of drug-likeness (QED) is 0.808. The van der Waals surface area contributed by atoms with Crippen LogP contribution in [0.3, 0.4) is 0 Å². The summed E-state index contributed by atoms with van der Waals surface area (Å²) in [5, 5.41) is 13.1. The number of benzene rings is 2. The molecule has 126 valence electrons. The number of carboxylic acid groups (broad SMARTS) is 1. The molecule has 2 aromatic rings. The van der Waals surface area contributed by atoms with Crippen LogP contribution in [0.15, 0.2) is 54.6 Å². The highest BCUT2D eigenvalue weighted by atomic mass is 35.5. The van der Waals surface area contributed by atoms with Crippen molar-refractivity contribution in [3.05, 3.63) is 70.7 Å². The molecule has 1 unspecified atom stereocenters. The van der Waals surface area contributed by atoms with E-state index in [-0.39, 0.29) is 18.9 Å². The van der Waals surface area contributed by atoms with E-state index in [9.17, 15) is 14.7 Å². The summed E-state index contributed by atoms with van der Waals surface area (Å²) in [5.74, 6) is -1.16. The van der Waals surface area contributed by atoms with Crippen LogP contribution < -0.4 is 5.32 Å². The Labute approximate surface area is 146 Å². The Morgan fingerprint density at radius 1 is 1.08 bits per heavy atom. The summed E-state index contributed by atoms with van der Waals surface area (Å²) in [7, 11) is 0. The van der Waals surface area contributed by atoms with E-state index in [0.717, 1.165) is 5.56 Å². The van der Waals surface area contributed by atoms with E-state index in [1.807, 2.05) is 13.0 Å². The predicted octanol–water partition coefficient (Wildman–Crippen LogP) is 3.43. The first-order valence-corrected chi connectivity index (χ1v) is 8.16. The van der Waals surface area contributed by atoms with Gasteiger partial charge < -0.3 is 10.4 Å². The van der Waals surface area contributed by atoms with Crippen LogP contribution in [0.25, 0.3) is 0 Å². The van der Waals surface area contributed by atoms with Crippen molar-refractivity contribution in [2.45, 2.75) is 25.2 Å². The number of rotatable bonds is 7. The molecule has 24 heavy (non-hydrogen) atoms. The molecule has 1 amide bonds. The van der Waals surface area contributed by atoms with Gasteiger partial charge >= 0.3 is 5.97 Å². The van der Waals surface area contributed by atoms with Crippen LogP contribution in [0.5, 0.6) is 0 Å². The van der Waals surface area contributed by atoms with E-state index in [2.05, 4.69) is 5.32 Å². The van der Waals surface area contributed by atoms with Crippen LogP contribution in [0, 0.1) is 0 Å². The molecule has 0 aliphatic carbocycles. The molecule has 0 bridgehead atoms. The first kappa shape index (κ1) is 18.0. The standard InChI is InChI=1S/C19H20ClNO3/c1-2-19(18(23)24,15-6-4-3-5-7-15)13-21-17(22)12-14-8-10-16(20)11-9-14/h3-11H,2,12-13H2,1H3,(H,21,22)(H,23,24). The highest BCUT2D eigenvalue weighted by Crippen LogP contribution is 2.27. The van der Waals surface area contributed by atoms with Crippen molar-refractivity contribution < 1.29 is 14.7 Å². The second-order valence-corrected chi connectivity index (χ2v) is 6.12. The molecular weight excluding hydrogens is 326 g/mol. The Bertz CT molecular complexity index is 700. The summed E-state index contributed by atoms with van der Waals surface area (Å²) < 4.78 is 0. The molecule has 0 heterocycles. The first-order valence-electron chi connectivity index (χ1n) is 7.78. The summed E-state index contributed by atoms with van der Waals surface area (Å²) in [6, 6.07) is 16.0. The van der Waals surface area contributed by atoms with Crippen LogP contribution in [0.4, 0.5) is 0 Å². The fraction of sp³-hybridized carbons (Fsp3) is 0.263. The molecular formula is C19H20ClNO3. The Hall–Kier alpha value is -2.33. The van der Waals surface area contributed by atoms with Gasteiger partial charge in [0.05, 0.1) is 6.42 Å². The maximum atomic E-state index is 12.2. The molecule has 5 heteroatoms. The number of aliphatic carboxylic acids is 1. The van der Waals surface area contributed by atoms with Crippen molar-refractivity contribution in [1.29, 1.82) is 0 Å². The summed E-state index contributed by atoms with van der Waals surface area (Å²) >= 11 is 5.82. The third-order valence-electron chi connectivity index (χ3n) is 4.20. The number of carbonyl (C=O) groups is 2. The number of hydrogen-bond acceptors (Lipinski definition) is 2. The van der Waals surface area contributed by atoms with Gasteiger partial charge in [-0.1, -0.05) is 61.0 Å². The zero-order valence-corrected chi connectivity index (χ0v) is 14.2. The number of hydrogen-bond donors (Lipinski definition) is 2. The van der Waals surface area contributed by atoms with Gasteiger partial charge in [0.2, 0.25) is 5.91 Å². The molecule has 0 fully saturated rings. The largest absolute Gasteiger partial charge is 0.481 e. The number of nitrogens with one attached hydrogen (secondary N) is 1. The molecule has 2 aromatic carbocycles. The van der Waals surface area contributed by atoms with E-state index in [4.69, 9.17) is 11.6 Å². The lowest BCUT2D eigenvalue weighted by Gasteiger charge is -2.29. The number of carbonyl (C=O) groups excluding carboxylic acids is 1.